The third-order valence-electron chi connectivity index (χ3n) is 7.43. The van der Waals surface area contributed by atoms with E-state index in [2.05, 4.69) is 10.2 Å². The molecule has 0 spiro atoms. The van der Waals surface area contributed by atoms with E-state index in [1.54, 1.807) is 97.3 Å². The summed E-state index contributed by atoms with van der Waals surface area (Å²) in [6.07, 6.45) is -0.801. The molecule has 0 fully saturated rings. The minimum Gasteiger partial charge on any atom is -0.480 e. The number of aliphatic carboxylic acids is 1. The maximum Gasteiger partial charge on any atom is 0.419 e. The molecule has 19 heteroatoms. The largest absolute Gasteiger partial charge is 0.480 e. The maximum absolute atomic E-state index is 13.6. The lowest BCUT2D eigenvalue weighted by atomic mass is 10.2. The molecular weight excluding hydrogens is 803 g/mol. The number of fused-ring (bicyclic) bond motifs is 1. The number of hydrogen-bond donors (Lipinski definition) is 1. The SMILES string of the molecule is CC(C)(C)OC(=O)N(CCCN(C(=O)OC(C)(C)C)c1ccc(-n2ccc3cc(N(CC(=O)O)S(=O)(=O)c4cc(Cl)cc(Cl)c4)ccc32)nn1)C(=O)OC(C)(C)C. The molecule has 4 rings (SSSR count). The second-order valence-corrected chi connectivity index (χ2v) is 18.5. The van der Waals surface area contributed by atoms with E-state index < -0.39 is 57.6 Å². The van der Waals surface area contributed by atoms with E-state index in [-0.39, 0.29) is 46.0 Å². The quantitative estimate of drug-likeness (QED) is 0.142. The van der Waals surface area contributed by atoms with Gasteiger partial charge in [-0.2, -0.15) is 0 Å². The van der Waals surface area contributed by atoms with Gasteiger partial charge < -0.3 is 19.3 Å². The summed E-state index contributed by atoms with van der Waals surface area (Å²) in [6, 6.07) is 13.1. The average Bonchev–Trinajstić information content (AvgIpc) is 3.47. The number of imide groups is 1. The summed E-state index contributed by atoms with van der Waals surface area (Å²) >= 11 is 12.1. The van der Waals surface area contributed by atoms with Crippen molar-refractivity contribution in [3.05, 3.63) is 70.8 Å². The third kappa shape index (κ3) is 12.2. The lowest BCUT2D eigenvalue weighted by Gasteiger charge is -2.29. The fraction of sp³-hybridized carbons (Fsp3) is 0.421. The molecule has 0 aliphatic heterocycles. The highest BCUT2D eigenvalue weighted by Crippen LogP contribution is 2.31. The highest BCUT2D eigenvalue weighted by molar-refractivity contribution is 7.92. The molecule has 0 unspecified atom stereocenters. The van der Waals surface area contributed by atoms with Gasteiger partial charge in [0.1, 0.15) is 23.3 Å². The molecule has 308 valence electrons. The number of carbonyl (C=O) groups is 4. The van der Waals surface area contributed by atoms with Gasteiger partial charge in [-0.1, -0.05) is 23.2 Å². The predicted octanol–water partition coefficient (Wildman–Crippen LogP) is 8.31. The Kier molecular flexibility index (Phi) is 13.4. The number of rotatable bonds is 11. The van der Waals surface area contributed by atoms with Crippen molar-refractivity contribution in [2.45, 2.75) is 90.4 Å². The molecule has 0 aliphatic carbocycles. The lowest BCUT2D eigenvalue weighted by Crippen LogP contribution is -2.45. The van der Waals surface area contributed by atoms with Crippen LogP contribution >= 0.6 is 23.2 Å². The molecule has 0 radical (unpaired) electrons. The Balaban J connectivity index is 1.63. The molecule has 2 heterocycles. The number of aromatic nitrogens is 3. The Hall–Kier alpha value is -5.13. The van der Waals surface area contributed by atoms with E-state index in [1.807, 2.05) is 0 Å². The number of anilines is 2. The summed E-state index contributed by atoms with van der Waals surface area (Å²) in [5, 5.41) is 18.9. The van der Waals surface area contributed by atoms with Gasteiger partial charge in [-0.25, -0.2) is 27.7 Å². The first-order valence-electron chi connectivity index (χ1n) is 17.6. The van der Waals surface area contributed by atoms with Gasteiger partial charge in [-0.05, 0) is 123 Å². The van der Waals surface area contributed by atoms with E-state index in [1.165, 1.54) is 35.2 Å². The van der Waals surface area contributed by atoms with Gasteiger partial charge in [0.05, 0.1) is 16.1 Å². The van der Waals surface area contributed by atoms with Gasteiger partial charge in [0.15, 0.2) is 11.6 Å². The van der Waals surface area contributed by atoms with E-state index in [4.69, 9.17) is 37.4 Å². The maximum atomic E-state index is 13.6. The van der Waals surface area contributed by atoms with Crippen molar-refractivity contribution in [1.82, 2.24) is 19.7 Å². The molecule has 2 aromatic heterocycles. The number of nitrogens with zero attached hydrogens (tertiary/aromatic N) is 6. The van der Waals surface area contributed by atoms with Crippen LogP contribution in [0.15, 0.2) is 65.7 Å². The number of amides is 3. The standard InChI is InChI=1S/C38H46Cl2N6O10S/c1-36(2,3)54-33(49)44(16-10-17-45(34(50)55-37(4,5)6)35(51)56-38(7,8)9)31-14-13-30(41-42-31)43-18-15-24-19-27(11-12-29(24)43)46(23-32(47)48)57(52,53)28-21-25(39)20-26(40)22-28/h11-15,18-22H,10,16-17,23H2,1-9H3,(H,47,48). The predicted molar refractivity (Wildman–Crippen MR) is 215 cm³/mol. The van der Waals surface area contributed by atoms with Crippen LogP contribution in [0.3, 0.4) is 0 Å². The van der Waals surface area contributed by atoms with Crippen LogP contribution in [0, 0.1) is 0 Å². The van der Waals surface area contributed by atoms with Crippen molar-refractivity contribution < 1.29 is 46.9 Å². The van der Waals surface area contributed by atoms with E-state index in [9.17, 15) is 32.7 Å². The second kappa shape index (κ2) is 17.2. The molecule has 0 bridgehead atoms. The molecular formula is C38H46Cl2N6O10S. The fourth-order valence-corrected chi connectivity index (χ4v) is 7.35. The first-order valence-corrected chi connectivity index (χ1v) is 19.8. The highest BCUT2D eigenvalue weighted by Gasteiger charge is 2.33. The minimum absolute atomic E-state index is 0.0442. The molecule has 3 amide bonds. The highest BCUT2D eigenvalue weighted by atomic mass is 35.5. The van der Waals surface area contributed by atoms with E-state index >= 15 is 0 Å². The topological polar surface area (TPSA) is 191 Å². The van der Waals surface area contributed by atoms with Crippen molar-refractivity contribution in [2.75, 3.05) is 28.8 Å². The summed E-state index contributed by atoms with van der Waals surface area (Å²) in [5.41, 5.74) is -2.00. The van der Waals surface area contributed by atoms with Gasteiger partial charge in [-0.15, -0.1) is 10.2 Å². The lowest BCUT2D eigenvalue weighted by molar-refractivity contribution is -0.135. The van der Waals surface area contributed by atoms with Crippen molar-refractivity contribution in [1.29, 1.82) is 0 Å². The Morgan fingerprint density at radius 1 is 0.737 bits per heavy atom. The van der Waals surface area contributed by atoms with Crippen molar-refractivity contribution in [3.8, 4) is 5.82 Å². The van der Waals surface area contributed by atoms with Crippen LogP contribution in [0.4, 0.5) is 25.9 Å². The number of hydrogen-bond acceptors (Lipinski definition) is 11. The van der Waals surface area contributed by atoms with E-state index in [0.29, 0.717) is 16.7 Å². The van der Waals surface area contributed by atoms with Gasteiger partial charge in [-0.3, -0.25) is 18.6 Å². The number of carboxylic acids is 1. The summed E-state index contributed by atoms with van der Waals surface area (Å²) in [7, 11) is -4.41. The first-order chi connectivity index (χ1) is 26.2. The Labute approximate surface area is 341 Å². The number of sulfonamides is 1. The Morgan fingerprint density at radius 3 is 1.81 bits per heavy atom. The van der Waals surface area contributed by atoms with Crippen LogP contribution in [-0.4, -0.2) is 93.9 Å². The van der Waals surface area contributed by atoms with Crippen LogP contribution in [-0.2, 0) is 29.0 Å². The van der Waals surface area contributed by atoms with Crippen molar-refractivity contribution in [2.24, 2.45) is 0 Å². The number of ether oxygens (including phenoxy) is 3. The fourth-order valence-electron chi connectivity index (χ4n) is 5.21. The summed E-state index contributed by atoms with van der Waals surface area (Å²) in [5.74, 6) is -0.942. The molecule has 57 heavy (non-hydrogen) atoms. The molecule has 2 aromatic carbocycles. The molecule has 16 nitrogen and oxygen atoms in total. The van der Waals surface area contributed by atoms with Gasteiger partial charge >= 0.3 is 24.2 Å². The summed E-state index contributed by atoms with van der Waals surface area (Å²) < 4.78 is 46.2. The van der Waals surface area contributed by atoms with Crippen LogP contribution in [0.2, 0.25) is 10.0 Å². The van der Waals surface area contributed by atoms with E-state index in [0.717, 1.165) is 9.21 Å². The number of carbonyl (C=O) groups excluding carboxylic acids is 3. The van der Waals surface area contributed by atoms with Crippen LogP contribution in [0.5, 0.6) is 0 Å². The average molecular weight is 850 g/mol. The molecule has 0 saturated carbocycles. The third-order valence-corrected chi connectivity index (χ3v) is 9.62. The monoisotopic (exact) mass is 848 g/mol. The normalized spacial score (nSPS) is 12.2. The zero-order valence-electron chi connectivity index (χ0n) is 33.1. The molecule has 0 saturated heterocycles. The zero-order chi connectivity index (χ0) is 42.7. The zero-order valence-corrected chi connectivity index (χ0v) is 35.4. The van der Waals surface area contributed by atoms with Crippen molar-refractivity contribution >= 4 is 79.9 Å². The summed E-state index contributed by atoms with van der Waals surface area (Å²) in [4.78, 5) is 53.1. The molecule has 1 N–H and O–H groups in total. The second-order valence-electron chi connectivity index (χ2n) is 15.8. The van der Waals surface area contributed by atoms with Crippen LogP contribution in [0.25, 0.3) is 16.7 Å². The van der Waals surface area contributed by atoms with Gasteiger partial charge in [0.2, 0.25) is 0 Å². The first kappa shape index (κ1) is 44.6. The molecule has 0 atom stereocenters. The Morgan fingerprint density at radius 2 is 1.30 bits per heavy atom. The van der Waals surface area contributed by atoms with Crippen molar-refractivity contribution in [3.63, 3.8) is 0 Å². The Bertz CT molecular complexity index is 2200. The van der Waals surface area contributed by atoms with Gasteiger partial charge in [0, 0.05) is 34.7 Å². The number of benzene rings is 2. The smallest absolute Gasteiger partial charge is 0.419 e. The van der Waals surface area contributed by atoms with Crippen LogP contribution < -0.4 is 9.21 Å². The van der Waals surface area contributed by atoms with Gasteiger partial charge in [0.25, 0.3) is 10.0 Å². The minimum atomic E-state index is -4.41. The molecule has 4 aromatic rings. The summed E-state index contributed by atoms with van der Waals surface area (Å²) in [6.45, 7) is 14.0. The molecule has 0 aliphatic rings. The number of carboxylic acid groups (broad SMARTS) is 1. The number of halogens is 2. The van der Waals surface area contributed by atoms with Crippen LogP contribution in [0.1, 0.15) is 68.7 Å².